The molecular weight excluding hydrogens is 386 g/mol. The Bertz CT molecular complexity index is 690. The molecule has 0 amide bonds. The molecule has 1 aliphatic heterocycles. The summed E-state index contributed by atoms with van der Waals surface area (Å²) in [5.74, 6) is 0.526. The molecule has 1 N–H and O–H groups in total. The fourth-order valence-electron chi connectivity index (χ4n) is 4.04. The maximum absolute atomic E-state index is 12.2. The lowest BCUT2D eigenvalue weighted by atomic mass is 10.1. The van der Waals surface area contributed by atoms with E-state index in [1.165, 1.54) is 0 Å². The minimum Gasteiger partial charge on any atom is -0.395 e. The van der Waals surface area contributed by atoms with Crippen LogP contribution in [0.5, 0.6) is 0 Å². The van der Waals surface area contributed by atoms with Crippen molar-refractivity contribution in [3.05, 3.63) is 30.3 Å². The normalized spacial score (nSPS) is 17.6. The molecule has 1 fully saturated rings. The second-order valence-electron chi connectivity index (χ2n) is 8.20. The van der Waals surface area contributed by atoms with Crippen molar-refractivity contribution in [3.63, 3.8) is 0 Å². The molecule has 0 aliphatic carbocycles. The summed E-state index contributed by atoms with van der Waals surface area (Å²) in [6.07, 6.45) is 10.9. The zero-order chi connectivity index (χ0) is 21.0. The summed E-state index contributed by atoms with van der Waals surface area (Å²) >= 11 is 0. The third kappa shape index (κ3) is 8.97. The lowest BCUT2D eigenvalue weighted by molar-refractivity contribution is -0.120. The summed E-state index contributed by atoms with van der Waals surface area (Å²) < 4.78 is 24.4. The molecule has 1 atom stereocenters. The molecule has 0 spiro atoms. The van der Waals surface area contributed by atoms with E-state index in [-0.39, 0.29) is 18.4 Å². The molecule has 1 aromatic carbocycles. The molecule has 1 heterocycles. The summed E-state index contributed by atoms with van der Waals surface area (Å²) in [6, 6.07) is 8.86. The maximum Gasteiger partial charge on any atom is 0.178 e. The lowest BCUT2D eigenvalue weighted by Gasteiger charge is -2.21. The van der Waals surface area contributed by atoms with Crippen molar-refractivity contribution in [2.75, 3.05) is 25.4 Å². The number of carbonyl (C=O) groups is 1. The molecule has 164 valence electrons. The van der Waals surface area contributed by atoms with E-state index in [4.69, 9.17) is 0 Å². The molecule has 0 radical (unpaired) electrons. The third-order valence-corrected chi connectivity index (χ3v) is 7.63. The van der Waals surface area contributed by atoms with Gasteiger partial charge in [0, 0.05) is 12.5 Å². The van der Waals surface area contributed by atoms with Crippen LogP contribution in [-0.4, -0.2) is 55.7 Å². The van der Waals surface area contributed by atoms with Gasteiger partial charge >= 0.3 is 0 Å². The van der Waals surface area contributed by atoms with E-state index in [2.05, 4.69) is 4.90 Å². The molecule has 1 aromatic rings. The highest BCUT2D eigenvalue weighted by molar-refractivity contribution is 7.91. The fraction of sp³-hybridized carbons (Fsp3) is 0.696. The number of aliphatic hydroxyl groups excluding tert-OH is 1. The van der Waals surface area contributed by atoms with E-state index in [1.807, 2.05) is 6.07 Å². The minimum absolute atomic E-state index is 0.158. The lowest BCUT2D eigenvalue weighted by Crippen LogP contribution is -2.36. The van der Waals surface area contributed by atoms with Crippen molar-refractivity contribution in [2.24, 2.45) is 0 Å². The standard InChI is InChI=1S/C23H37NO4S/c25-20-21-13-12-17-24(21)19-22(26)14-8-5-3-1-2-4-6-11-18-29(27,28)23-15-9-7-10-16-23/h7,9-10,15-16,21,25H,1-6,8,11-14,17-20H2/t21-/m1/s1. The molecule has 0 saturated carbocycles. The van der Waals surface area contributed by atoms with Crippen LogP contribution in [0, 0.1) is 0 Å². The highest BCUT2D eigenvalue weighted by Gasteiger charge is 2.24. The number of rotatable bonds is 15. The number of aliphatic hydroxyl groups is 1. The quantitative estimate of drug-likeness (QED) is 0.432. The van der Waals surface area contributed by atoms with Gasteiger partial charge in [0.15, 0.2) is 9.84 Å². The number of carbonyl (C=O) groups excluding carboxylic acids is 1. The van der Waals surface area contributed by atoms with Crippen LogP contribution in [0.3, 0.4) is 0 Å². The number of likely N-dealkylation sites (tertiary alicyclic amines) is 1. The molecule has 29 heavy (non-hydrogen) atoms. The number of hydrogen-bond donors (Lipinski definition) is 1. The van der Waals surface area contributed by atoms with Crippen molar-refractivity contribution in [3.8, 4) is 0 Å². The summed E-state index contributed by atoms with van der Waals surface area (Å²) in [5, 5.41) is 9.31. The summed E-state index contributed by atoms with van der Waals surface area (Å²) in [6.45, 7) is 1.59. The van der Waals surface area contributed by atoms with Gasteiger partial charge in [0.1, 0.15) is 5.78 Å². The third-order valence-electron chi connectivity index (χ3n) is 5.81. The maximum atomic E-state index is 12.2. The first kappa shape index (κ1) is 24.0. The Kier molecular flexibility index (Phi) is 10.9. The summed E-state index contributed by atoms with van der Waals surface area (Å²) in [4.78, 5) is 14.6. The zero-order valence-electron chi connectivity index (χ0n) is 17.6. The first-order valence-electron chi connectivity index (χ1n) is 11.2. The van der Waals surface area contributed by atoms with E-state index in [9.17, 15) is 18.3 Å². The Morgan fingerprint density at radius 2 is 1.59 bits per heavy atom. The number of sulfone groups is 1. The van der Waals surface area contributed by atoms with Crippen LogP contribution in [0.15, 0.2) is 35.2 Å². The Labute approximate surface area is 176 Å². The highest BCUT2D eigenvalue weighted by Crippen LogP contribution is 2.17. The second-order valence-corrected chi connectivity index (χ2v) is 10.3. The topological polar surface area (TPSA) is 74.7 Å². The van der Waals surface area contributed by atoms with Gasteiger partial charge in [-0.25, -0.2) is 8.42 Å². The summed E-state index contributed by atoms with van der Waals surface area (Å²) in [5.41, 5.74) is 0. The first-order valence-corrected chi connectivity index (χ1v) is 12.8. The smallest absolute Gasteiger partial charge is 0.178 e. The number of Topliss-reactive ketones (excluding diaryl/α,β-unsaturated/α-hetero) is 1. The van der Waals surface area contributed by atoms with Gasteiger partial charge in [-0.2, -0.15) is 0 Å². The highest BCUT2D eigenvalue weighted by atomic mass is 32.2. The molecule has 1 saturated heterocycles. The number of nitrogens with zero attached hydrogens (tertiary/aromatic N) is 1. The largest absolute Gasteiger partial charge is 0.395 e. The van der Waals surface area contributed by atoms with Crippen LogP contribution in [0.1, 0.15) is 70.6 Å². The molecule has 2 rings (SSSR count). The van der Waals surface area contributed by atoms with Crippen LogP contribution in [-0.2, 0) is 14.6 Å². The summed E-state index contributed by atoms with van der Waals surface area (Å²) in [7, 11) is -3.14. The Morgan fingerprint density at radius 1 is 0.966 bits per heavy atom. The predicted octanol–water partition coefficient (Wildman–Crippen LogP) is 4.00. The van der Waals surface area contributed by atoms with Crippen LogP contribution in [0.4, 0.5) is 0 Å². The number of hydrogen-bond acceptors (Lipinski definition) is 5. The Hall–Kier alpha value is -1.24. The molecule has 0 aromatic heterocycles. The van der Waals surface area contributed by atoms with Crippen molar-refractivity contribution < 1.29 is 18.3 Å². The monoisotopic (exact) mass is 423 g/mol. The van der Waals surface area contributed by atoms with E-state index in [0.717, 1.165) is 70.8 Å². The van der Waals surface area contributed by atoms with Gasteiger partial charge in [-0.3, -0.25) is 9.69 Å². The van der Waals surface area contributed by atoms with Crippen molar-refractivity contribution in [2.45, 2.75) is 81.6 Å². The molecule has 6 heteroatoms. The number of benzene rings is 1. The van der Waals surface area contributed by atoms with Gasteiger partial charge in [0.2, 0.25) is 0 Å². The molecule has 0 bridgehead atoms. The van der Waals surface area contributed by atoms with Gasteiger partial charge in [-0.05, 0) is 44.4 Å². The van der Waals surface area contributed by atoms with Crippen molar-refractivity contribution >= 4 is 15.6 Å². The SMILES string of the molecule is O=C(CCCCCCCCCCS(=O)(=O)c1ccccc1)CN1CCC[C@@H]1CO. The van der Waals surface area contributed by atoms with Crippen molar-refractivity contribution in [1.29, 1.82) is 0 Å². The van der Waals surface area contributed by atoms with E-state index >= 15 is 0 Å². The van der Waals surface area contributed by atoms with Gasteiger partial charge in [0.05, 0.1) is 23.8 Å². The van der Waals surface area contributed by atoms with Crippen LogP contribution in [0.2, 0.25) is 0 Å². The van der Waals surface area contributed by atoms with E-state index in [1.54, 1.807) is 24.3 Å². The zero-order valence-corrected chi connectivity index (χ0v) is 18.4. The Balaban J connectivity index is 1.43. The molecule has 0 unspecified atom stereocenters. The van der Waals surface area contributed by atoms with Crippen LogP contribution in [0.25, 0.3) is 0 Å². The molecule has 1 aliphatic rings. The average molecular weight is 424 g/mol. The van der Waals surface area contributed by atoms with Gasteiger partial charge in [0.25, 0.3) is 0 Å². The minimum atomic E-state index is -3.14. The molecular formula is C23H37NO4S. The fourth-order valence-corrected chi connectivity index (χ4v) is 5.43. The predicted molar refractivity (Wildman–Crippen MR) is 117 cm³/mol. The van der Waals surface area contributed by atoms with Gasteiger partial charge in [-0.15, -0.1) is 0 Å². The molecule has 5 nitrogen and oxygen atoms in total. The van der Waals surface area contributed by atoms with Gasteiger partial charge in [-0.1, -0.05) is 56.7 Å². The average Bonchev–Trinajstić information content (AvgIpc) is 3.17. The van der Waals surface area contributed by atoms with Gasteiger partial charge < -0.3 is 5.11 Å². The second kappa shape index (κ2) is 13.1. The number of ketones is 1. The van der Waals surface area contributed by atoms with E-state index in [0.29, 0.717) is 23.6 Å². The Morgan fingerprint density at radius 3 is 2.24 bits per heavy atom. The van der Waals surface area contributed by atoms with Crippen LogP contribution < -0.4 is 0 Å². The van der Waals surface area contributed by atoms with Crippen molar-refractivity contribution in [1.82, 2.24) is 4.90 Å². The number of unbranched alkanes of at least 4 members (excludes halogenated alkanes) is 7. The first-order chi connectivity index (χ1) is 14.0. The van der Waals surface area contributed by atoms with Crippen LogP contribution >= 0.6 is 0 Å². The van der Waals surface area contributed by atoms with E-state index < -0.39 is 9.84 Å².